The molecule has 28 heavy (non-hydrogen) atoms. The summed E-state index contributed by atoms with van der Waals surface area (Å²) < 4.78 is 30.1. The second kappa shape index (κ2) is 8.88. The minimum absolute atomic E-state index is 0.0121. The van der Waals surface area contributed by atoms with E-state index in [0.29, 0.717) is 28.1 Å². The lowest BCUT2D eigenvalue weighted by Gasteiger charge is -2.18. The van der Waals surface area contributed by atoms with Gasteiger partial charge < -0.3 is 10.1 Å². The zero-order valence-electron chi connectivity index (χ0n) is 16.4. The molecule has 2 aromatic rings. The number of nitrogens with one attached hydrogen (secondary N) is 1. The molecule has 0 aliphatic carbocycles. The van der Waals surface area contributed by atoms with Crippen molar-refractivity contribution in [2.45, 2.75) is 20.8 Å². The maximum atomic E-state index is 12.5. The van der Waals surface area contributed by atoms with Crippen LogP contribution >= 0.6 is 0 Å². The Kier molecular flexibility index (Phi) is 6.80. The molecule has 2 aromatic carbocycles. The lowest BCUT2D eigenvalue weighted by atomic mass is 10.1. The topological polar surface area (TPSA) is 92.8 Å². The lowest BCUT2D eigenvalue weighted by Crippen LogP contribution is -2.28. The Bertz CT molecular complexity index is 969. The average molecular weight is 404 g/mol. The SMILES string of the molecule is CCOC(=O)c1cccc(NC(=O)c2ccc(N(C)S(=O)(=O)CC)cc2)c1C. The molecule has 0 atom stereocenters. The predicted octanol–water partition coefficient (Wildman–Crippen LogP) is 3.21. The van der Waals surface area contributed by atoms with E-state index in [1.54, 1.807) is 63.2 Å². The zero-order chi connectivity index (χ0) is 20.9. The first-order valence-corrected chi connectivity index (χ1v) is 10.5. The normalized spacial score (nSPS) is 11.0. The van der Waals surface area contributed by atoms with Crippen molar-refractivity contribution in [2.24, 2.45) is 0 Å². The molecule has 2 rings (SSSR count). The quantitative estimate of drug-likeness (QED) is 0.716. The standard InChI is InChI=1S/C20H24N2O5S/c1-5-27-20(24)17-8-7-9-18(14(17)3)21-19(23)15-10-12-16(13-11-15)22(4)28(25,26)6-2/h7-13H,5-6H2,1-4H3,(H,21,23). The largest absolute Gasteiger partial charge is 0.462 e. The van der Waals surface area contributed by atoms with Gasteiger partial charge in [0.05, 0.1) is 23.6 Å². The molecule has 0 heterocycles. The van der Waals surface area contributed by atoms with Gasteiger partial charge in [-0.05, 0) is 62.7 Å². The van der Waals surface area contributed by atoms with Gasteiger partial charge in [-0.2, -0.15) is 0 Å². The molecular weight excluding hydrogens is 380 g/mol. The third-order valence-corrected chi connectivity index (χ3v) is 6.13. The van der Waals surface area contributed by atoms with Crippen molar-refractivity contribution in [2.75, 3.05) is 29.0 Å². The fourth-order valence-corrected chi connectivity index (χ4v) is 3.40. The van der Waals surface area contributed by atoms with E-state index in [2.05, 4.69) is 5.32 Å². The highest BCUT2D eigenvalue weighted by Gasteiger charge is 2.17. The number of hydrogen-bond donors (Lipinski definition) is 1. The summed E-state index contributed by atoms with van der Waals surface area (Å²) in [6.07, 6.45) is 0. The van der Waals surface area contributed by atoms with Gasteiger partial charge in [0.2, 0.25) is 10.0 Å². The molecule has 0 saturated carbocycles. The fourth-order valence-electron chi connectivity index (χ4n) is 2.57. The molecule has 0 aliphatic rings. The number of carbonyl (C=O) groups excluding carboxylic acids is 2. The van der Waals surface area contributed by atoms with Crippen LogP contribution in [0.25, 0.3) is 0 Å². The third kappa shape index (κ3) is 4.69. The zero-order valence-corrected chi connectivity index (χ0v) is 17.2. The van der Waals surface area contributed by atoms with Crippen molar-refractivity contribution in [3.8, 4) is 0 Å². The summed E-state index contributed by atoms with van der Waals surface area (Å²) in [6.45, 7) is 5.30. The van der Waals surface area contributed by atoms with Crippen LogP contribution in [0.15, 0.2) is 42.5 Å². The number of nitrogens with zero attached hydrogens (tertiary/aromatic N) is 1. The van der Waals surface area contributed by atoms with Crippen molar-refractivity contribution in [1.82, 2.24) is 0 Å². The fraction of sp³-hybridized carbons (Fsp3) is 0.300. The number of ether oxygens (including phenoxy) is 1. The van der Waals surface area contributed by atoms with E-state index in [-0.39, 0.29) is 18.3 Å². The highest BCUT2D eigenvalue weighted by molar-refractivity contribution is 7.92. The Labute approximate surface area is 165 Å². The highest BCUT2D eigenvalue weighted by atomic mass is 32.2. The second-order valence-corrected chi connectivity index (χ2v) is 8.36. The Balaban J connectivity index is 2.20. The Morgan fingerprint density at radius 2 is 1.71 bits per heavy atom. The molecule has 150 valence electrons. The van der Waals surface area contributed by atoms with Crippen molar-refractivity contribution in [3.05, 3.63) is 59.2 Å². The van der Waals surface area contributed by atoms with E-state index in [1.165, 1.54) is 11.4 Å². The summed E-state index contributed by atoms with van der Waals surface area (Å²) in [4.78, 5) is 24.5. The highest BCUT2D eigenvalue weighted by Crippen LogP contribution is 2.22. The number of benzene rings is 2. The van der Waals surface area contributed by atoms with Gasteiger partial charge in [-0.15, -0.1) is 0 Å². The molecule has 1 N–H and O–H groups in total. The van der Waals surface area contributed by atoms with E-state index < -0.39 is 16.0 Å². The van der Waals surface area contributed by atoms with Gasteiger partial charge in [0.1, 0.15) is 0 Å². The first kappa shape index (κ1) is 21.4. The lowest BCUT2D eigenvalue weighted by molar-refractivity contribution is 0.0525. The monoisotopic (exact) mass is 404 g/mol. The number of amides is 1. The van der Waals surface area contributed by atoms with Crippen LogP contribution in [0.2, 0.25) is 0 Å². The number of carbonyl (C=O) groups is 2. The van der Waals surface area contributed by atoms with Gasteiger partial charge in [0, 0.05) is 18.3 Å². The molecule has 0 saturated heterocycles. The molecule has 8 heteroatoms. The van der Waals surface area contributed by atoms with E-state index in [4.69, 9.17) is 4.74 Å². The van der Waals surface area contributed by atoms with Crippen molar-refractivity contribution in [3.63, 3.8) is 0 Å². The molecule has 0 unspecified atom stereocenters. The van der Waals surface area contributed by atoms with Crippen LogP contribution in [0.1, 0.15) is 40.1 Å². The number of hydrogen-bond acceptors (Lipinski definition) is 5. The van der Waals surface area contributed by atoms with Crippen LogP contribution in [0, 0.1) is 6.92 Å². The van der Waals surface area contributed by atoms with Crippen molar-refractivity contribution in [1.29, 1.82) is 0 Å². The van der Waals surface area contributed by atoms with Gasteiger partial charge in [0.15, 0.2) is 0 Å². The summed E-state index contributed by atoms with van der Waals surface area (Å²) in [5.74, 6) is -0.820. The van der Waals surface area contributed by atoms with E-state index in [9.17, 15) is 18.0 Å². The molecule has 1 amide bonds. The van der Waals surface area contributed by atoms with Gasteiger partial charge in [-0.1, -0.05) is 6.07 Å². The summed E-state index contributed by atoms with van der Waals surface area (Å²) in [6, 6.07) is 11.3. The minimum Gasteiger partial charge on any atom is -0.462 e. The smallest absolute Gasteiger partial charge is 0.338 e. The summed E-state index contributed by atoms with van der Waals surface area (Å²) in [7, 11) is -1.90. The van der Waals surface area contributed by atoms with Crippen molar-refractivity contribution < 1.29 is 22.7 Å². The van der Waals surface area contributed by atoms with E-state index in [1.807, 2.05) is 0 Å². The molecule has 0 bridgehead atoms. The summed E-state index contributed by atoms with van der Waals surface area (Å²) in [5.41, 5.74) is 2.34. The number of esters is 1. The maximum absolute atomic E-state index is 12.5. The maximum Gasteiger partial charge on any atom is 0.338 e. The average Bonchev–Trinajstić information content (AvgIpc) is 2.69. The third-order valence-electron chi connectivity index (χ3n) is 4.35. The Morgan fingerprint density at radius 1 is 1.07 bits per heavy atom. The van der Waals surface area contributed by atoms with E-state index >= 15 is 0 Å². The van der Waals surface area contributed by atoms with Crippen LogP contribution in [-0.2, 0) is 14.8 Å². The Hall–Kier alpha value is -2.87. The molecule has 0 radical (unpaired) electrons. The molecule has 0 fully saturated rings. The van der Waals surface area contributed by atoms with Gasteiger partial charge in [-0.25, -0.2) is 13.2 Å². The summed E-state index contributed by atoms with van der Waals surface area (Å²) in [5, 5.41) is 2.78. The summed E-state index contributed by atoms with van der Waals surface area (Å²) >= 11 is 0. The number of anilines is 2. The van der Waals surface area contributed by atoms with Gasteiger partial charge >= 0.3 is 5.97 Å². The predicted molar refractivity (Wildman–Crippen MR) is 109 cm³/mol. The number of sulfonamides is 1. The Morgan fingerprint density at radius 3 is 2.29 bits per heavy atom. The second-order valence-electron chi connectivity index (χ2n) is 6.07. The van der Waals surface area contributed by atoms with Gasteiger partial charge in [0.25, 0.3) is 5.91 Å². The molecular formula is C20H24N2O5S. The molecule has 7 nitrogen and oxygen atoms in total. The number of rotatable bonds is 7. The van der Waals surface area contributed by atoms with Crippen LogP contribution < -0.4 is 9.62 Å². The van der Waals surface area contributed by atoms with E-state index in [0.717, 1.165) is 0 Å². The van der Waals surface area contributed by atoms with Crippen LogP contribution in [0.3, 0.4) is 0 Å². The first-order valence-electron chi connectivity index (χ1n) is 8.86. The van der Waals surface area contributed by atoms with Crippen molar-refractivity contribution >= 4 is 33.3 Å². The van der Waals surface area contributed by atoms with Crippen LogP contribution in [0.4, 0.5) is 11.4 Å². The van der Waals surface area contributed by atoms with Crippen LogP contribution in [-0.4, -0.2) is 39.7 Å². The van der Waals surface area contributed by atoms with Crippen LogP contribution in [0.5, 0.6) is 0 Å². The first-order chi connectivity index (χ1) is 13.2. The molecule has 0 aromatic heterocycles. The van der Waals surface area contributed by atoms with Gasteiger partial charge in [-0.3, -0.25) is 9.10 Å². The minimum atomic E-state index is -3.37. The molecule has 0 spiro atoms. The molecule has 0 aliphatic heterocycles.